The molecule has 23 heavy (non-hydrogen) atoms. The van der Waals surface area contributed by atoms with Gasteiger partial charge in [0.2, 0.25) is 0 Å². The highest BCUT2D eigenvalue weighted by Gasteiger charge is 2.19. The Bertz CT molecular complexity index is 712. The molecule has 1 atom stereocenters. The van der Waals surface area contributed by atoms with Crippen LogP contribution in [0.2, 0.25) is 5.02 Å². The fourth-order valence-electron chi connectivity index (χ4n) is 2.24. The van der Waals surface area contributed by atoms with Gasteiger partial charge in [-0.25, -0.2) is 0 Å². The number of amides is 1. The first-order valence-electron chi connectivity index (χ1n) is 7.20. The quantitative estimate of drug-likeness (QED) is 0.809. The van der Waals surface area contributed by atoms with Gasteiger partial charge in [0.05, 0.1) is 15.8 Å². The van der Waals surface area contributed by atoms with E-state index in [0.29, 0.717) is 21.3 Å². The number of nitrogens with zero attached hydrogens (tertiary/aromatic N) is 1. The fraction of sp³-hybridized carbons (Fsp3) is 0.294. The van der Waals surface area contributed by atoms with Gasteiger partial charge in [0.25, 0.3) is 5.91 Å². The minimum absolute atomic E-state index is 0.0279. The predicted octanol–water partition coefficient (Wildman–Crippen LogP) is 3.64. The molecule has 0 saturated heterocycles. The molecule has 2 aromatic rings. The van der Waals surface area contributed by atoms with Crippen molar-refractivity contribution in [3.8, 4) is 0 Å². The highest BCUT2D eigenvalue weighted by atomic mass is 35.5. The van der Waals surface area contributed by atoms with Gasteiger partial charge in [-0.3, -0.25) is 9.59 Å². The summed E-state index contributed by atoms with van der Waals surface area (Å²) in [5.74, 6) is -0.210. The maximum atomic E-state index is 12.3. The van der Waals surface area contributed by atoms with E-state index in [1.807, 2.05) is 43.3 Å². The van der Waals surface area contributed by atoms with Crippen LogP contribution in [0.5, 0.6) is 0 Å². The van der Waals surface area contributed by atoms with Crippen molar-refractivity contribution in [2.45, 2.75) is 13.0 Å². The number of thiophene rings is 1. The first-order valence-corrected chi connectivity index (χ1v) is 8.39. The van der Waals surface area contributed by atoms with Crippen molar-refractivity contribution < 1.29 is 9.59 Å². The van der Waals surface area contributed by atoms with Crippen molar-refractivity contribution in [3.05, 3.63) is 56.7 Å². The van der Waals surface area contributed by atoms with E-state index in [2.05, 4.69) is 5.32 Å². The summed E-state index contributed by atoms with van der Waals surface area (Å²) in [6, 6.07) is 10.9. The number of likely N-dealkylation sites (N-methyl/N-ethyl adjacent to an activating group) is 1. The standard InChI is InChI=1S/C17H19ClN2O2S/c1-11(21)15-8-9-16(23-15)17(22)19-10-14(20(2)3)12-6-4-5-7-13(12)18/h4-9,14H,10H2,1-3H3,(H,19,22)/t14-/m1/s1. The van der Waals surface area contributed by atoms with Crippen LogP contribution in [0, 0.1) is 0 Å². The van der Waals surface area contributed by atoms with Crippen molar-refractivity contribution in [1.29, 1.82) is 0 Å². The van der Waals surface area contributed by atoms with Crippen molar-refractivity contribution >= 4 is 34.6 Å². The molecule has 0 bridgehead atoms. The van der Waals surface area contributed by atoms with Gasteiger partial charge in [0, 0.05) is 11.6 Å². The van der Waals surface area contributed by atoms with E-state index in [1.54, 1.807) is 12.1 Å². The molecule has 0 saturated carbocycles. The fourth-order valence-corrected chi connectivity index (χ4v) is 3.32. The molecular formula is C17H19ClN2O2S. The van der Waals surface area contributed by atoms with E-state index in [1.165, 1.54) is 18.3 Å². The van der Waals surface area contributed by atoms with Gasteiger partial charge >= 0.3 is 0 Å². The Morgan fingerprint density at radius 2 is 1.83 bits per heavy atom. The minimum atomic E-state index is -0.179. The minimum Gasteiger partial charge on any atom is -0.349 e. The van der Waals surface area contributed by atoms with Crippen LogP contribution in [0.15, 0.2) is 36.4 Å². The summed E-state index contributed by atoms with van der Waals surface area (Å²) in [6.07, 6.45) is 0. The molecule has 0 aliphatic heterocycles. The van der Waals surface area contributed by atoms with Gasteiger partial charge in [0.1, 0.15) is 0 Å². The van der Waals surface area contributed by atoms with Crippen LogP contribution in [-0.2, 0) is 0 Å². The van der Waals surface area contributed by atoms with Gasteiger partial charge in [-0.2, -0.15) is 0 Å². The van der Waals surface area contributed by atoms with Gasteiger partial charge in [-0.1, -0.05) is 29.8 Å². The summed E-state index contributed by atoms with van der Waals surface area (Å²) in [5.41, 5.74) is 0.968. The molecule has 1 heterocycles. The number of nitrogens with one attached hydrogen (secondary N) is 1. The monoisotopic (exact) mass is 350 g/mol. The molecule has 0 unspecified atom stereocenters. The van der Waals surface area contributed by atoms with E-state index < -0.39 is 0 Å². The largest absolute Gasteiger partial charge is 0.349 e. The second-order valence-corrected chi connectivity index (χ2v) is 6.92. The van der Waals surface area contributed by atoms with E-state index >= 15 is 0 Å². The summed E-state index contributed by atoms with van der Waals surface area (Å²) >= 11 is 7.47. The van der Waals surface area contributed by atoms with Gasteiger partial charge in [-0.05, 0) is 44.8 Å². The Hall–Kier alpha value is -1.69. The van der Waals surface area contributed by atoms with E-state index in [-0.39, 0.29) is 17.7 Å². The Balaban J connectivity index is 2.08. The second-order valence-electron chi connectivity index (χ2n) is 5.43. The van der Waals surface area contributed by atoms with Crippen LogP contribution in [0.3, 0.4) is 0 Å². The molecule has 0 spiro atoms. The van der Waals surface area contributed by atoms with Gasteiger partial charge in [0.15, 0.2) is 5.78 Å². The predicted molar refractivity (Wildman–Crippen MR) is 94.5 cm³/mol. The smallest absolute Gasteiger partial charge is 0.261 e. The van der Waals surface area contributed by atoms with Crippen LogP contribution in [0.1, 0.15) is 37.9 Å². The second kappa shape index (κ2) is 7.73. The molecule has 1 amide bonds. The third-order valence-electron chi connectivity index (χ3n) is 3.52. The first-order chi connectivity index (χ1) is 10.9. The maximum Gasteiger partial charge on any atom is 0.261 e. The highest BCUT2D eigenvalue weighted by molar-refractivity contribution is 7.15. The number of ketones is 1. The zero-order valence-electron chi connectivity index (χ0n) is 13.3. The van der Waals surface area contributed by atoms with Crippen molar-refractivity contribution in [2.24, 2.45) is 0 Å². The topological polar surface area (TPSA) is 49.4 Å². The van der Waals surface area contributed by atoms with Crippen molar-refractivity contribution in [1.82, 2.24) is 10.2 Å². The summed E-state index contributed by atoms with van der Waals surface area (Å²) in [4.78, 5) is 26.7. The molecule has 122 valence electrons. The van der Waals surface area contributed by atoms with E-state index in [9.17, 15) is 9.59 Å². The molecule has 1 N–H and O–H groups in total. The molecule has 2 rings (SSSR count). The van der Waals surface area contributed by atoms with Crippen LogP contribution < -0.4 is 5.32 Å². The number of hydrogen-bond acceptors (Lipinski definition) is 4. The molecule has 0 aliphatic carbocycles. The van der Waals surface area contributed by atoms with E-state index in [4.69, 9.17) is 11.6 Å². The lowest BCUT2D eigenvalue weighted by molar-refractivity contribution is 0.0945. The number of rotatable bonds is 6. The Morgan fingerprint density at radius 1 is 1.17 bits per heavy atom. The molecule has 0 radical (unpaired) electrons. The van der Waals surface area contributed by atoms with Crippen LogP contribution in [0.25, 0.3) is 0 Å². The van der Waals surface area contributed by atoms with E-state index in [0.717, 1.165) is 5.56 Å². The zero-order valence-corrected chi connectivity index (χ0v) is 14.9. The molecular weight excluding hydrogens is 332 g/mol. The normalized spacial score (nSPS) is 12.2. The number of carbonyl (C=O) groups is 2. The molecule has 0 aliphatic rings. The molecule has 1 aromatic heterocycles. The third kappa shape index (κ3) is 4.41. The number of carbonyl (C=O) groups excluding carboxylic acids is 2. The van der Waals surface area contributed by atoms with Crippen LogP contribution in [-0.4, -0.2) is 37.2 Å². The van der Waals surface area contributed by atoms with Crippen molar-refractivity contribution in [2.75, 3.05) is 20.6 Å². The number of halogens is 1. The Morgan fingerprint density at radius 3 is 2.39 bits per heavy atom. The van der Waals surface area contributed by atoms with Gasteiger partial charge in [-0.15, -0.1) is 11.3 Å². The molecule has 4 nitrogen and oxygen atoms in total. The summed E-state index contributed by atoms with van der Waals surface area (Å²) < 4.78 is 0. The molecule has 0 fully saturated rings. The maximum absolute atomic E-state index is 12.3. The number of hydrogen-bond donors (Lipinski definition) is 1. The first kappa shape index (κ1) is 17.7. The van der Waals surface area contributed by atoms with Gasteiger partial charge < -0.3 is 10.2 Å². The van der Waals surface area contributed by atoms with Crippen LogP contribution >= 0.6 is 22.9 Å². The summed E-state index contributed by atoms with van der Waals surface area (Å²) in [5, 5.41) is 3.59. The molecule has 1 aromatic carbocycles. The van der Waals surface area contributed by atoms with Crippen LogP contribution in [0.4, 0.5) is 0 Å². The molecule has 6 heteroatoms. The lowest BCUT2D eigenvalue weighted by Crippen LogP contribution is -2.34. The summed E-state index contributed by atoms with van der Waals surface area (Å²) in [7, 11) is 3.89. The zero-order chi connectivity index (χ0) is 17.0. The lowest BCUT2D eigenvalue weighted by atomic mass is 10.1. The Labute approximate surface area is 145 Å². The SMILES string of the molecule is CC(=O)c1ccc(C(=O)NC[C@H](c2ccccc2Cl)N(C)C)s1. The third-order valence-corrected chi connectivity index (χ3v) is 5.05. The van der Waals surface area contributed by atoms with Crippen molar-refractivity contribution in [3.63, 3.8) is 0 Å². The Kier molecular flexibility index (Phi) is 5.93. The average Bonchev–Trinajstić information content (AvgIpc) is 2.99. The highest BCUT2D eigenvalue weighted by Crippen LogP contribution is 2.25. The number of benzene rings is 1. The summed E-state index contributed by atoms with van der Waals surface area (Å²) in [6.45, 7) is 1.93. The number of Topliss-reactive ketones (excluding diaryl/α,β-unsaturated/α-hetero) is 1. The lowest BCUT2D eigenvalue weighted by Gasteiger charge is -2.25. The average molecular weight is 351 g/mol.